The molecule has 0 radical (unpaired) electrons. The Labute approximate surface area is 188 Å². The molecule has 1 amide bonds. The standard InChI is InChI=1S/C21H20ClFN4OS2/c1-2-11-27-19(13-29-12-15-3-5-16(22)6-4-15)25-26-21(27)30-14-20(28)24-18-9-7-17(23)8-10-18/h2-10H,1,11-14H2,(H,24,28). The fourth-order valence-corrected chi connectivity index (χ4v) is 4.37. The molecule has 0 saturated heterocycles. The Bertz CT molecular complexity index is 993. The van der Waals surface area contributed by atoms with Gasteiger partial charge in [-0.1, -0.05) is 41.6 Å². The van der Waals surface area contributed by atoms with Crippen molar-refractivity contribution in [3.05, 3.63) is 83.4 Å². The Morgan fingerprint density at radius 3 is 2.57 bits per heavy atom. The van der Waals surface area contributed by atoms with Gasteiger partial charge in [0.15, 0.2) is 5.16 Å². The Morgan fingerprint density at radius 2 is 1.87 bits per heavy atom. The molecule has 1 N–H and O–H groups in total. The Balaban J connectivity index is 1.55. The summed E-state index contributed by atoms with van der Waals surface area (Å²) in [6, 6.07) is 13.4. The topological polar surface area (TPSA) is 59.8 Å². The number of carbonyl (C=O) groups is 1. The molecule has 0 bridgehead atoms. The summed E-state index contributed by atoms with van der Waals surface area (Å²) in [5.74, 6) is 1.98. The SMILES string of the molecule is C=CCn1c(CSCc2ccc(Cl)cc2)nnc1SCC(=O)Nc1ccc(F)cc1. The molecular formula is C21H20ClFN4OS2. The zero-order valence-corrected chi connectivity index (χ0v) is 18.4. The van der Waals surface area contributed by atoms with Crippen LogP contribution in [-0.2, 0) is 22.8 Å². The number of nitrogens with zero attached hydrogens (tertiary/aromatic N) is 3. The van der Waals surface area contributed by atoms with Crippen LogP contribution >= 0.6 is 35.1 Å². The van der Waals surface area contributed by atoms with Gasteiger partial charge < -0.3 is 9.88 Å². The number of amides is 1. The van der Waals surface area contributed by atoms with E-state index in [0.717, 1.165) is 16.6 Å². The molecule has 156 valence electrons. The van der Waals surface area contributed by atoms with Crippen molar-refractivity contribution < 1.29 is 9.18 Å². The molecule has 0 aliphatic heterocycles. The van der Waals surface area contributed by atoms with E-state index in [0.29, 0.717) is 23.1 Å². The molecule has 0 unspecified atom stereocenters. The van der Waals surface area contributed by atoms with Gasteiger partial charge in [-0.2, -0.15) is 0 Å². The number of thioether (sulfide) groups is 2. The van der Waals surface area contributed by atoms with E-state index < -0.39 is 0 Å². The van der Waals surface area contributed by atoms with Gasteiger partial charge in [-0.15, -0.1) is 28.5 Å². The number of carbonyl (C=O) groups excluding carboxylic acids is 1. The molecule has 0 atom stereocenters. The molecule has 0 fully saturated rings. The minimum atomic E-state index is -0.346. The third kappa shape index (κ3) is 6.62. The summed E-state index contributed by atoms with van der Waals surface area (Å²) >= 11 is 8.95. The average Bonchev–Trinajstić information content (AvgIpc) is 3.12. The zero-order valence-electron chi connectivity index (χ0n) is 16.1. The molecule has 1 aromatic heterocycles. The van der Waals surface area contributed by atoms with Crippen LogP contribution < -0.4 is 5.32 Å². The second-order valence-corrected chi connectivity index (χ2v) is 8.63. The third-order valence-corrected chi connectivity index (χ3v) is 6.20. The predicted molar refractivity (Wildman–Crippen MR) is 122 cm³/mol. The Morgan fingerprint density at radius 1 is 1.13 bits per heavy atom. The van der Waals surface area contributed by atoms with Crippen LogP contribution in [0.5, 0.6) is 0 Å². The lowest BCUT2D eigenvalue weighted by molar-refractivity contribution is -0.113. The molecule has 0 saturated carbocycles. The fraction of sp³-hybridized carbons (Fsp3) is 0.190. The van der Waals surface area contributed by atoms with Crippen molar-refractivity contribution in [3.8, 4) is 0 Å². The van der Waals surface area contributed by atoms with Crippen molar-refractivity contribution >= 4 is 46.7 Å². The summed E-state index contributed by atoms with van der Waals surface area (Å²) < 4.78 is 14.9. The van der Waals surface area contributed by atoms with Gasteiger partial charge in [-0.05, 0) is 42.0 Å². The highest BCUT2D eigenvalue weighted by molar-refractivity contribution is 7.99. The van der Waals surface area contributed by atoms with Gasteiger partial charge in [0.2, 0.25) is 5.91 Å². The molecule has 0 spiro atoms. The van der Waals surface area contributed by atoms with Crippen LogP contribution in [0, 0.1) is 5.82 Å². The Hall–Kier alpha value is -2.29. The molecule has 5 nitrogen and oxygen atoms in total. The number of nitrogens with one attached hydrogen (secondary N) is 1. The smallest absolute Gasteiger partial charge is 0.234 e. The number of aromatic nitrogens is 3. The summed E-state index contributed by atoms with van der Waals surface area (Å²) in [5, 5.41) is 12.6. The van der Waals surface area contributed by atoms with Crippen LogP contribution in [0.2, 0.25) is 5.02 Å². The zero-order chi connectivity index (χ0) is 21.3. The summed E-state index contributed by atoms with van der Waals surface area (Å²) in [6.45, 7) is 4.36. The van der Waals surface area contributed by atoms with Crippen molar-refractivity contribution in [1.29, 1.82) is 0 Å². The molecule has 2 aromatic carbocycles. The van der Waals surface area contributed by atoms with Gasteiger partial charge in [0.1, 0.15) is 11.6 Å². The van der Waals surface area contributed by atoms with Gasteiger partial charge in [0.25, 0.3) is 0 Å². The monoisotopic (exact) mass is 462 g/mol. The number of hydrogen-bond donors (Lipinski definition) is 1. The lowest BCUT2D eigenvalue weighted by Crippen LogP contribution is -2.14. The van der Waals surface area contributed by atoms with Crippen molar-refractivity contribution in [2.45, 2.75) is 23.2 Å². The van der Waals surface area contributed by atoms with Crippen molar-refractivity contribution in [1.82, 2.24) is 14.8 Å². The molecule has 9 heteroatoms. The Kier molecular flexibility index (Phi) is 8.36. The summed E-state index contributed by atoms with van der Waals surface area (Å²) in [6.07, 6.45) is 1.78. The van der Waals surface area contributed by atoms with Crippen LogP contribution in [0.1, 0.15) is 11.4 Å². The van der Waals surface area contributed by atoms with E-state index in [1.807, 2.05) is 28.8 Å². The summed E-state index contributed by atoms with van der Waals surface area (Å²) in [5.41, 5.74) is 1.74. The van der Waals surface area contributed by atoms with E-state index in [1.165, 1.54) is 41.6 Å². The average molecular weight is 463 g/mol. The van der Waals surface area contributed by atoms with E-state index in [1.54, 1.807) is 17.8 Å². The molecule has 1 heterocycles. The lowest BCUT2D eigenvalue weighted by Gasteiger charge is -2.08. The number of allylic oxidation sites excluding steroid dienone is 1. The molecule has 30 heavy (non-hydrogen) atoms. The van der Waals surface area contributed by atoms with Crippen LogP contribution in [-0.4, -0.2) is 26.4 Å². The highest BCUT2D eigenvalue weighted by atomic mass is 35.5. The number of benzene rings is 2. The second-order valence-electron chi connectivity index (χ2n) is 6.26. The summed E-state index contributed by atoms with van der Waals surface area (Å²) in [4.78, 5) is 12.2. The largest absolute Gasteiger partial charge is 0.325 e. The van der Waals surface area contributed by atoms with E-state index in [9.17, 15) is 9.18 Å². The first-order valence-corrected chi connectivity index (χ1v) is 11.6. The maximum Gasteiger partial charge on any atom is 0.234 e. The highest BCUT2D eigenvalue weighted by Gasteiger charge is 2.14. The molecule has 0 aliphatic rings. The molecular weight excluding hydrogens is 443 g/mol. The number of hydrogen-bond acceptors (Lipinski definition) is 5. The number of anilines is 1. The fourth-order valence-electron chi connectivity index (χ4n) is 2.55. The second kappa shape index (κ2) is 11.2. The van der Waals surface area contributed by atoms with Crippen LogP contribution in [0.3, 0.4) is 0 Å². The van der Waals surface area contributed by atoms with Gasteiger partial charge in [-0.3, -0.25) is 4.79 Å². The van der Waals surface area contributed by atoms with Crippen LogP contribution in [0.4, 0.5) is 10.1 Å². The first kappa shape index (κ1) is 22.4. The maximum absolute atomic E-state index is 13.0. The maximum atomic E-state index is 13.0. The van der Waals surface area contributed by atoms with E-state index in [4.69, 9.17) is 11.6 Å². The van der Waals surface area contributed by atoms with Gasteiger partial charge in [0.05, 0.1) is 11.5 Å². The molecule has 0 aliphatic carbocycles. The number of halogens is 2. The van der Waals surface area contributed by atoms with Gasteiger partial charge in [-0.25, -0.2) is 4.39 Å². The predicted octanol–water partition coefficient (Wildman–Crippen LogP) is 5.42. The minimum absolute atomic E-state index is 0.171. The van der Waals surface area contributed by atoms with E-state index >= 15 is 0 Å². The number of rotatable bonds is 10. The van der Waals surface area contributed by atoms with Crippen LogP contribution in [0.15, 0.2) is 66.3 Å². The van der Waals surface area contributed by atoms with Crippen molar-refractivity contribution in [3.63, 3.8) is 0 Å². The molecule has 3 aromatic rings. The lowest BCUT2D eigenvalue weighted by atomic mass is 10.2. The normalized spacial score (nSPS) is 10.7. The van der Waals surface area contributed by atoms with Crippen molar-refractivity contribution in [2.75, 3.05) is 11.1 Å². The highest BCUT2D eigenvalue weighted by Crippen LogP contribution is 2.23. The molecule has 3 rings (SSSR count). The van der Waals surface area contributed by atoms with Crippen molar-refractivity contribution in [2.24, 2.45) is 0 Å². The van der Waals surface area contributed by atoms with E-state index in [-0.39, 0.29) is 17.5 Å². The quantitative estimate of drug-likeness (QED) is 0.322. The van der Waals surface area contributed by atoms with Gasteiger partial charge in [0, 0.05) is 23.0 Å². The van der Waals surface area contributed by atoms with Gasteiger partial charge >= 0.3 is 0 Å². The first-order valence-electron chi connectivity index (χ1n) is 9.08. The van der Waals surface area contributed by atoms with Crippen LogP contribution in [0.25, 0.3) is 0 Å². The first-order chi connectivity index (χ1) is 14.5. The van der Waals surface area contributed by atoms with E-state index in [2.05, 4.69) is 22.1 Å². The minimum Gasteiger partial charge on any atom is -0.325 e. The summed E-state index contributed by atoms with van der Waals surface area (Å²) in [7, 11) is 0. The third-order valence-electron chi connectivity index (χ3n) is 3.98.